The molecule has 2 heterocycles. The second-order valence-electron chi connectivity index (χ2n) is 7.53. The first-order valence-electron chi connectivity index (χ1n) is 9.80. The number of likely N-dealkylation sites (tertiary alicyclic amines) is 1. The Morgan fingerprint density at radius 2 is 2.00 bits per heavy atom. The molecule has 3 aromatic rings. The molecule has 1 fully saturated rings. The van der Waals surface area contributed by atoms with Crippen LogP contribution >= 0.6 is 0 Å². The van der Waals surface area contributed by atoms with Gasteiger partial charge in [-0.3, -0.25) is 4.79 Å². The minimum atomic E-state index is 0.0920. The number of H-pyrrole nitrogens is 1. The highest BCUT2D eigenvalue weighted by Gasteiger charge is 2.24. The highest BCUT2D eigenvalue weighted by molar-refractivity contribution is 5.88. The zero-order valence-electron chi connectivity index (χ0n) is 15.9. The first kappa shape index (κ1) is 17.8. The number of carbonyl (C=O) groups excluding carboxylic acids is 1. The fourth-order valence-corrected chi connectivity index (χ4v) is 4.20. The van der Waals surface area contributed by atoms with Gasteiger partial charge in [-0.15, -0.1) is 0 Å². The quantitative estimate of drug-likeness (QED) is 0.704. The second kappa shape index (κ2) is 7.97. The number of para-hydroxylation sites is 1. The monoisotopic (exact) mass is 361 g/mol. The average molecular weight is 361 g/mol. The minimum absolute atomic E-state index is 0.0920. The molecular weight excluding hydrogens is 334 g/mol. The normalized spacial score (nSPS) is 17.4. The summed E-state index contributed by atoms with van der Waals surface area (Å²) >= 11 is 0. The molecule has 0 saturated carbocycles. The van der Waals surface area contributed by atoms with Gasteiger partial charge in [-0.05, 0) is 48.6 Å². The van der Waals surface area contributed by atoms with Crippen molar-refractivity contribution in [3.05, 3.63) is 71.4 Å². The molecule has 1 aromatic heterocycles. The molecule has 4 rings (SSSR count). The van der Waals surface area contributed by atoms with Crippen LogP contribution in [0.3, 0.4) is 0 Å². The molecule has 2 aromatic carbocycles. The van der Waals surface area contributed by atoms with Gasteiger partial charge in [-0.25, -0.2) is 0 Å². The minimum Gasteiger partial charge on any atom is -0.361 e. The predicted octanol–water partition coefficient (Wildman–Crippen LogP) is 3.62. The van der Waals surface area contributed by atoms with Crippen molar-refractivity contribution in [2.24, 2.45) is 0 Å². The molecule has 1 aliphatic rings. The highest BCUT2D eigenvalue weighted by atomic mass is 16.1. The number of benzene rings is 2. The molecule has 0 spiro atoms. The molecule has 1 atom stereocenters. The van der Waals surface area contributed by atoms with Gasteiger partial charge in [-0.1, -0.05) is 42.5 Å². The van der Waals surface area contributed by atoms with Gasteiger partial charge in [0.15, 0.2) is 0 Å². The standard InChI is InChI=1S/C23H27N3O/c1-17-6-2-3-7-20(17)18-10-12-26(16-18)13-11-24-23(27)14-19-15-25-22-9-5-4-8-21(19)22/h2-9,15,18,25H,10-14,16H2,1H3,(H,24,27)/t18-/m1/s1. The topological polar surface area (TPSA) is 48.1 Å². The van der Waals surface area contributed by atoms with Crippen LogP contribution < -0.4 is 5.32 Å². The zero-order chi connectivity index (χ0) is 18.6. The van der Waals surface area contributed by atoms with E-state index < -0.39 is 0 Å². The molecule has 1 saturated heterocycles. The van der Waals surface area contributed by atoms with E-state index in [2.05, 4.69) is 52.5 Å². The molecule has 0 radical (unpaired) electrons. The van der Waals surface area contributed by atoms with E-state index in [9.17, 15) is 4.79 Å². The third-order valence-electron chi connectivity index (χ3n) is 5.68. The molecule has 0 unspecified atom stereocenters. The Hall–Kier alpha value is -2.59. The Kier molecular flexibility index (Phi) is 5.26. The van der Waals surface area contributed by atoms with Crippen molar-refractivity contribution in [1.82, 2.24) is 15.2 Å². The van der Waals surface area contributed by atoms with Gasteiger partial charge in [-0.2, -0.15) is 0 Å². The van der Waals surface area contributed by atoms with Gasteiger partial charge in [0.25, 0.3) is 0 Å². The van der Waals surface area contributed by atoms with E-state index in [4.69, 9.17) is 0 Å². The van der Waals surface area contributed by atoms with E-state index in [-0.39, 0.29) is 5.91 Å². The number of aromatic nitrogens is 1. The van der Waals surface area contributed by atoms with Crippen LogP contribution in [0.2, 0.25) is 0 Å². The Morgan fingerprint density at radius 1 is 1.19 bits per heavy atom. The molecule has 0 aliphatic carbocycles. The second-order valence-corrected chi connectivity index (χ2v) is 7.53. The number of fused-ring (bicyclic) bond motifs is 1. The van der Waals surface area contributed by atoms with Gasteiger partial charge in [0.2, 0.25) is 5.91 Å². The lowest BCUT2D eigenvalue weighted by Gasteiger charge is -2.17. The summed E-state index contributed by atoms with van der Waals surface area (Å²) in [6.07, 6.45) is 3.57. The summed E-state index contributed by atoms with van der Waals surface area (Å²) in [5.41, 5.74) is 5.00. The molecule has 4 nitrogen and oxygen atoms in total. The summed E-state index contributed by atoms with van der Waals surface area (Å²) in [4.78, 5) is 18.0. The smallest absolute Gasteiger partial charge is 0.224 e. The number of aryl methyl sites for hydroxylation is 1. The zero-order valence-corrected chi connectivity index (χ0v) is 15.9. The van der Waals surface area contributed by atoms with Crippen LogP contribution in [0.5, 0.6) is 0 Å². The highest BCUT2D eigenvalue weighted by Crippen LogP contribution is 2.28. The first-order chi connectivity index (χ1) is 13.2. The van der Waals surface area contributed by atoms with E-state index in [1.54, 1.807) is 0 Å². The number of aromatic amines is 1. The van der Waals surface area contributed by atoms with Crippen molar-refractivity contribution in [3.8, 4) is 0 Å². The van der Waals surface area contributed by atoms with Crippen LogP contribution in [-0.2, 0) is 11.2 Å². The summed E-state index contributed by atoms with van der Waals surface area (Å²) in [5, 5.41) is 4.22. The number of hydrogen-bond acceptors (Lipinski definition) is 2. The summed E-state index contributed by atoms with van der Waals surface area (Å²) in [6, 6.07) is 16.8. The molecular formula is C23H27N3O. The lowest BCUT2D eigenvalue weighted by Crippen LogP contribution is -2.34. The maximum absolute atomic E-state index is 12.3. The lowest BCUT2D eigenvalue weighted by molar-refractivity contribution is -0.120. The van der Waals surface area contributed by atoms with Crippen LogP contribution in [0.15, 0.2) is 54.7 Å². The largest absolute Gasteiger partial charge is 0.361 e. The van der Waals surface area contributed by atoms with Crippen LogP contribution in [-0.4, -0.2) is 42.0 Å². The van der Waals surface area contributed by atoms with Crippen molar-refractivity contribution in [3.63, 3.8) is 0 Å². The van der Waals surface area contributed by atoms with Crippen molar-refractivity contribution in [2.75, 3.05) is 26.2 Å². The van der Waals surface area contributed by atoms with Crippen molar-refractivity contribution in [1.29, 1.82) is 0 Å². The number of carbonyl (C=O) groups is 1. The molecule has 27 heavy (non-hydrogen) atoms. The number of nitrogens with one attached hydrogen (secondary N) is 2. The van der Waals surface area contributed by atoms with Crippen molar-refractivity contribution >= 4 is 16.8 Å². The van der Waals surface area contributed by atoms with E-state index in [0.29, 0.717) is 18.9 Å². The third-order valence-corrected chi connectivity index (χ3v) is 5.68. The van der Waals surface area contributed by atoms with Gasteiger partial charge in [0.1, 0.15) is 0 Å². The van der Waals surface area contributed by atoms with Crippen LogP contribution in [0, 0.1) is 6.92 Å². The fraction of sp³-hybridized carbons (Fsp3) is 0.348. The number of amides is 1. The van der Waals surface area contributed by atoms with Crippen LogP contribution in [0.4, 0.5) is 0 Å². The summed E-state index contributed by atoms with van der Waals surface area (Å²) in [7, 11) is 0. The average Bonchev–Trinajstić information content (AvgIpc) is 3.30. The third kappa shape index (κ3) is 4.06. The van der Waals surface area contributed by atoms with Crippen LogP contribution in [0.1, 0.15) is 29.0 Å². The van der Waals surface area contributed by atoms with Gasteiger partial charge < -0.3 is 15.2 Å². The fourth-order valence-electron chi connectivity index (χ4n) is 4.20. The Balaban J connectivity index is 1.24. The summed E-state index contributed by atoms with van der Waals surface area (Å²) < 4.78 is 0. The SMILES string of the molecule is Cc1ccccc1[C@@H]1CCN(CCNC(=O)Cc2c[nH]c3ccccc23)C1. The molecule has 2 N–H and O–H groups in total. The van der Waals surface area contributed by atoms with E-state index in [0.717, 1.165) is 36.1 Å². The molecule has 1 aliphatic heterocycles. The molecule has 0 bridgehead atoms. The summed E-state index contributed by atoms with van der Waals surface area (Å²) in [5.74, 6) is 0.711. The Labute approximate surface area is 160 Å². The van der Waals surface area contributed by atoms with Crippen molar-refractivity contribution in [2.45, 2.75) is 25.7 Å². The molecule has 4 heteroatoms. The maximum atomic E-state index is 12.3. The Bertz CT molecular complexity index is 930. The predicted molar refractivity (Wildman–Crippen MR) is 110 cm³/mol. The van der Waals surface area contributed by atoms with Gasteiger partial charge in [0.05, 0.1) is 6.42 Å². The number of hydrogen-bond donors (Lipinski definition) is 2. The van der Waals surface area contributed by atoms with Crippen molar-refractivity contribution < 1.29 is 4.79 Å². The van der Waals surface area contributed by atoms with Crippen LogP contribution in [0.25, 0.3) is 10.9 Å². The van der Waals surface area contributed by atoms with E-state index in [1.807, 2.05) is 24.4 Å². The molecule has 140 valence electrons. The van der Waals surface area contributed by atoms with E-state index >= 15 is 0 Å². The van der Waals surface area contributed by atoms with Gasteiger partial charge in [0, 0.05) is 36.7 Å². The number of nitrogens with zero attached hydrogens (tertiary/aromatic N) is 1. The Morgan fingerprint density at radius 3 is 2.89 bits per heavy atom. The van der Waals surface area contributed by atoms with E-state index in [1.165, 1.54) is 17.5 Å². The maximum Gasteiger partial charge on any atom is 0.224 e. The van der Waals surface area contributed by atoms with Gasteiger partial charge >= 0.3 is 0 Å². The number of rotatable bonds is 6. The summed E-state index contributed by atoms with van der Waals surface area (Å²) in [6.45, 7) is 6.02. The molecule has 1 amide bonds. The lowest BCUT2D eigenvalue weighted by atomic mass is 9.94. The first-order valence-corrected chi connectivity index (χ1v) is 9.80.